The van der Waals surface area contributed by atoms with Crippen molar-refractivity contribution in [3.63, 3.8) is 0 Å². The molecule has 1 aromatic rings. The summed E-state index contributed by atoms with van der Waals surface area (Å²) in [5.41, 5.74) is 0.145. The van der Waals surface area contributed by atoms with Crippen LogP contribution in [0.1, 0.15) is 42.5 Å². The smallest absolute Gasteiger partial charge is 0.254 e. The second-order valence-electron chi connectivity index (χ2n) is 7.37. The SMILES string of the molecule is O=C(c1ccc(F)c(F)c1)N1CCCN(CC2CCC(F)(F)CC2)CC1. The van der Waals surface area contributed by atoms with E-state index < -0.39 is 17.6 Å². The van der Waals surface area contributed by atoms with Gasteiger partial charge in [0.2, 0.25) is 5.92 Å². The summed E-state index contributed by atoms with van der Waals surface area (Å²) in [5, 5.41) is 0. The van der Waals surface area contributed by atoms with E-state index in [0.29, 0.717) is 32.5 Å². The van der Waals surface area contributed by atoms with E-state index in [1.54, 1.807) is 4.90 Å². The number of benzene rings is 1. The first-order valence-electron chi connectivity index (χ1n) is 9.18. The quantitative estimate of drug-likeness (QED) is 0.751. The maximum atomic E-state index is 13.4. The van der Waals surface area contributed by atoms with E-state index in [9.17, 15) is 22.4 Å². The van der Waals surface area contributed by atoms with Gasteiger partial charge in [-0.3, -0.25) is 4.79 Å². The lowest BCUT2D eigenvalue weighted by molar-refractivity contribution is -0.0487. The Hall–Kier alpha value is -1.63. The maximum absolute atomic E-state index is 13.4. The van der Waals surface area contributed by atoms with E-state index in [1.807, 2.05) is 0 Å². The van der Waals surface area contributed by atoms with Crippen LogP contribution in [-0.2, 0) is 0 Å². The standard InChI is InChI=1S/C19H24F4N2O/c20-16-3-2-15(12-17(16)21)18(26)25-9-1-8-24(10-11-25)13-14-4-6-19(22,23)7-5-14/h2-3,12,14H,1,4-11,13H2. The predicted octanol–water partition coefficient (Wildman–Crippen LogP) is 3.94. The van der Waals surface area contributed by atoms with Gasteiger partial charge in [-0.15, -0.1) is 0 Å². The fourth-order valence-electron chi connectivity index (χ4n) is 3.82. The molecule has 0 atom stereocenters. The summed E-state index contributed by atoms with van der Waals surface area (Å²) in [5.74, 6) is -4.53. The van der Waals surface area contributed by atoms with Crippen molar-refractivity contribution in [1.29, 1.82) is 0 Å². The zero-order valence-electron chi connectivity index (χ0n) is 14.7. The maximum Gasteiger partial charge on any atom is 0.254 e. The summed E-state index contributed by atoms with van der Waals surface area (Å²) in [4.78, 5) is 16.4. The third kappa shape index (κ3) is 4.75. The van der Waals surface area contributed by atoms with Gasteiger partial charge in [-0.2, -0.15) is 0 Å². The van der Waals surface area contributed by atoms with Crippen molar-refractivity contribution in [2.75, 3.05) is 32.7 Å². The third-order valence-electron chi connectivity index (χ3n) is 5.40. The summed E-state index contributed by atoms with van der Waals surface area (Å²) in [6.45, 7) is 3.32. The molecule has 1 aliphatic carbocycles. The topological polar surface area (TPSA) is 23.6 Å². The lowest BCUT2D eigenvalue weighted by Gasteiger charge is -2.32. The molecule has 2 fully saturated rings. The van der Waals surface area contributed by atoms with Crippen LogP contribution < -0.4 is 0 Å². The van der Waals surface area contributed by atoms with E-state index in [4.69, 9.17) is 0 Å². The van der Waals surface area contributed by atoms with Crippen LogP contribution in [0.15, 0.2) is 18.2 Å². The molecular weight excluding hydrogens is 348 g/mol. The molecule has 0 bridgehead atoms. The van der Waals surface area contributed by atoms with Crippen LogP contribution in [0.3, 0.4) is 0 Å². The molecule has 1 amide bonds. The first-order chi connectivity index (χ1) is 12.3. The molecule has 1 saturated heterocycles. The highest BCUT2D eigenvalue weighted by atomic mass is 19.3. The number of carbonyl (C=O) groups excluding carboxylic acids is 1. The van der Waals surface area contributed by atoms with E-state index in [-0.39, 0.29) is 30.2 Å². The molecule has 0 N–H and O–H groups in total. The van der Waals surface area contributed by atoms with Crippen LogP contribution >= 0.6 is 0 Å². The highest BCUT2D eigenvalue weighted by Gasteiger charge is 2.35. The Kier molecular flexibility index (Phi) is 5.85. The van der Waals surface area contributed by atoms with Crippen LogP contribution in [0.25, 0.3) is 0 Å². The molecule has 26 heavy (non-hydrogen) atoms. The normalized spacial score (nSPS) is 22.2. The molecule has 1 saturated carbocycles. The minimum Gasteiger partial charge on any atom is -0.337 e. The number of nitrogens with zero attached hydrogens (tertiary/aromatic N) is 2. The number of carbonyl (C=O) groups is 1. The summed E-state index contributed by atoms with van der Waals surface area (Å²) >= 11 is 0. The summed E-state index contributed by atoms with van der Waals surface area (Å²) in [7, 11) is 0. The second kappa shape index (κ2) is 7.94. The molecule has 3 rings (SSSR count). The molecular formula is C19H24F4N2O. The number of rotatable bonds is 3. The molecule has 0 unspecified atom stereocenters. The fraction of sp³-hybridized carbons (Fsp3) is 0.632. The molecule has 1 heterocycles. The van der Waals surface area contributed by atoms with Gasteiger partial charge < -0.3 is 9.80 Å². The lowest BCUT2D eigenvalue weighted by Crippen LogP contribution is -2.38. The van der Waals surface area contributed by atoms with Crippen LogP contribution in [0, 0.1) is 17.6 Å². The summed E-state index contributed by atoms with van der Waals surface area (Å²) in [6.07, 6.45) is 1.79. The second-order valence-corrected chi connectivity index (χ2v) is 7.37. The van der Waals surface area contributed by atoms with Crippen LogP contribution in [-0.4, -0.2) is 54.4 Å². The van der Waals surface area contributed by atoms with E-state index >= 15 is 0 Å². The Balaban J connectivity index is 1.53. The zero-order chi connectivity index (χ0) is 18.7. The minimum absolute atomic E-state index is 0.0355. The number of amides is 1. The molecule has 1 aliphatic heterocycles. The number of alkyl halides is 2. The van der Waals surface area contributed by atoms with Crippen LogP contribution in [0.4, 0.5) is 17.6 Å². The monoisotopic (exact) mass is 372 g/mol. The predicted molar refractivity (Wildman–Crippen MR) is 90.2 cm³/mol. The van der Waals surface area contributed by atoms with Crippen molar-refractivity contribution in [3.05, 3.63) is 35.4 Å². The van der Waals surface area contributed by atoms with Gasteiger partial charge in [0.15, 0.2) is 11.6 Å². The highest BCUT2D eigenvalue weighted by molar-refractivity contribution is 5.94. The van der Waals surface area contributed by atoms with Crippen molar-refractivity contribution in [2.24, 2.45) is 5.92 Å². The number of halogens is 4. The van der Waals surface area contributed by atoms with Gasteiger partial charge in [-0.05, 0) is 49.9 Å². The van der Waals surface area contributed by atoms with Gasteiger partial charge in [0.25, 0.3) is 5.91 Å². The molecule has 1 aromatic carbocycles. The Labute approximate surface area is 151 Å². The molecule has 7 heteroatoms. The molecule has 144 valence electrons. The molecule has 3 nitrogen and oxygen atoms in total. The molecule has 0 aromatic heterocycles. The van der Waals surface area contributed by atoms with E-state index in [1.165, 1.54) is 6.07 Å². The van der Waals surface area contributed by atoms with Gasteiger partial charge in [0.05, 0.1) is 0 Å². The van der Waals surface area contributed by atoms with Gasteiger partial charge in [-0.25, -0.2) is 17.6 Å². The van der Waals surface area contributed by atoms with E-state index in [0.717, 1.165) is 31.6 Å². The van der Waals surface area contributed by atoms with Gasteiger partial charge in [0, 0.05) is 44.6 Å². The zero-order valence-corrected chi connectivity index (χ0v) is 14.7. The summed E-state index contributed by atoms with van der Waals surface area (Å²) < 4.78 is 52.9. The average Bonchev–Trinajstić information content (AvgIpc) is 2.84. The minimum atomic E-state index is -2.51. The molecule has 2 aliphatic rings. The first-order valence-corrected chi connectivity index (χ1v) is 9.18. The van der Waals surface area contributed by atoms with Crippen molar-refractivity contribution < 1.29 is 22.4 Å². The highest BCUT2D eigenvalue weighted by Crippen LogP contribution is 2.36. The average molecular weight is 372 g/mol. The fourth-order valence-corrected chi connectivity index (χ4v) is 3.82. The van der Waals surface area contributed by atoms with E-state index in [2.05, 4.69) is 4.90 Å². The molecule has 0 spiro atoms. The largest absolute Gasteiger partial charge is 0.337 e. The van der Waals surface area contributed by atoms with Gasteiger partial charge >= 0.3 is 0 Å². The number of hydrogen-bond donors (Lipinski definition) is 0. The molecule has 0 radical (unpaired) electrons. The third-order valence-corrected chi connectivity index (χ3v) is 5.40. The van der Waals surface area contributed by atoms with Crippen molar-refractivity contribution in [2.45, 2.75) is 38.0 Å². The Morgan fingerprint density at radius 2 is 1.77 bits per heavy atom. The van der Waals surface area contributed by atoms with Gasteiger partial charge in [0.1, 0.15) is 0 Å². The Morgan fingerprint density at radius 3 is 2.46 bits per heavy atom. The van der Waals surface area contributed by atoms with Crippen molar-refractivity contribution >= 4 is 5.91 Å². The lowest BCUT2D eigenvalue weighted by atomic mass is 9.86. The number of hydrogen-bond acceptors (Lipinski definition) is 2. The Bertz CT molecular complexity index is 642. The van der Waals surface area contributed by atoms with Crippen molar-refractivity contribution in [3.8, 4) is 0 Å². The van der Waals surface area contributed by atoms with Crippen molar-refractivity contribution in [1.82, 2.24) is 9.80 Å². The van der Waals surface area contributed by atoms with Gasteiger partial charge in [-0.1, -0.05) is 0 Å². The Morgan fingerprint density at radius 1 is 1.04 bits per heavy atom. The first kappa shape index (κ1) is 19.1. The van der Waals surface area contributed by atoms with Crippen LogP contribution in [0.2, 0.25) is 0 Å². The summed E-state index contributed by atoms with van der Waals surface area (Å²) in [6, 6.07) is 3.19. The van der Waals surface area contributed by atoms with Crippen LogP contribution in [0.5, 0.6) is 0 Å².